The van der Waals surface area contributed by atoms with Crippen LogP contribution in [-0.4, -0.2) is 46.8 Å². The molecule has 1 heterocycles. The number of nitrogens with zero attached hydrogens (tertiary/aromatic N) is 2. The number of carboxylic acid groups (broad SMARTS) is 1. The number of hydrazine groups is 1. The lowest BCUT2D eigenvalue weighted by molar-refractivity contribution is 0.0135. The number of carboxylic acids is 1. The Morgan fingerprint density at radius 1 is 1.36 bits per heavy atom. The van der Waals surface area contributed by atoms with Gasteiger partial charge in [-0.15, -0.1) is 4.83 Å². The van der Waals surface area contributed by atoms with Gasteiger partial charge in [0, 0.05) is 19.3 Å². The molecule has 11 heteroatoms. The number of carbonyl (C=O) groups is 2. The molecule has 0 fully saturated rings. The van der Waals surface area contributed by atoms with Crippen LogP contribution in [0, 0.1) is 0 Å². The van der Waals surface area contributed by atoms with E-state index in [4.69, 9.17) is 21.4 Å². The average Bonchev–Trinajstić information content (AvgIpc) is 2.69. The van der Waals surface area contributed by atoms with Gasteiger partial charge in [-0.2, -0.15) is 0 Å². The lowest BCUT2D eigenvalue weighted by atomic mass is 10.2. The Hall–Kier alpha value is -1.78. The van der Waals surface area contributed by atoms with Gasteiger partial charge in [0.1, 0.15) is 16.2 Å². The minimum absolute atomic E-state index is 0.379. The minimum Gasteiger partial charge on any atom is -0.477 e. The summed E-state index contributed by atoms with van der Waals surface area (Å²) in [4.78, 5) is 25.0. The average molecular weight is 396 g/mol. The van der Waals surface area contributed by atoms with E-state index >= 15 is 0 Å². The SMILES string of the molecule is CC(C)N(NS(=O)(=O)c1cn(C)c(C(=O)O)c1Cl)C(=O)OC(C)(C)C. The third-order valence-electron chi connectivity index (χ3n) is 2.91. The van der Waals surface area contributed by atoms with Crippen molar-refractivity contribution in [2.24, 2.45) is 7.05 Å². The van der Waals surface area contributed by atoms with Crippen molar-refractivity contribution in [1.29, 1.82) is 0 Å². The van der Waals surface area contributed by atoms with Crippen LogP contribution in [0.15, 0.2) is 11.1 Å². The maximum atomic E-state index is 12.6. The van der Waals surface area contributed by atoms with E-state index in [1.165, 1.54) is 7.05 Å². The first kappa shape index (κ1) is 21.3. The molecule has 0 saturated heterocycles. The molecule has 25 heavy (non-hydrogen) atoms. The van der Waals surface area contributed by atoms with E-state index < -0.39 is 43.6 Å². The number of carbonyl (C=O) groups excluding carboxylic acids is 1. The van der Waals surface area contributed by atoms with Crippen LogP contribution in [0.4, 0.5) is 4.79 Å². The molecular formula is C14H22ClN3O6S. The topological polar surface area (TPSA) is 118 Å². The fourth-order valence-corrected chi connectivity index (χ4v) is 3.68. The second-order valence-corrected chi connectivity index (χ2v) is 8.62. The number of aromatic carboxylic acids is 1. The number of ether oxygens (including phenoxy) is 1. The number of amides is 1. The van der Waals surface area contributed by atoms with Crippen molar-refractivity contribution in [2.75, 3.05) is 0 Å². The van der Waals surface area contributed by atoms with Gasteiger partial charge in [-0.1, -0.05) is 11.6 Å². The highest BCUT2D eigenvalue weighted by Crippen LogP contribution is 2.27. The number of halogens is 1. The smallest absolute Gasteiger partial charge is 0.425 e. The molecule has 142 valence electrons. The van der Waals surface area contributed by atoms with E-state index in [2.05, 4.69) is 4.83 Å². The van der Waals surface area contributed by atoms with Crippen LogP contribution >= 0.6 is 11.6 Å². The van der Waals surface area contributed by atoms with E-state index in [1.54, 1.807) is 34.6 Å². The number of hydrogen-bond acceptors (Lipinski definition) is 5. The Labute approximate surface area is 151 Å². The van der Waals surface area contributed by atoms with Crippen molar-refractivity contribution in [3.63, 3.8) is 0 Å². The molecule has 0 spiro atoms. The summed E-state index contributed by atoms with van der Waals surface area (Å²) in [6, 6.07) is -0.564. The predicted octanol–water partition coefficient (Wildman–Crippen LogP) is 2.22. The molecule has 2 N–H and O–H groups in total. The van der Waals surface area contributed by atoms with Crippen LogP contribution in [0.5, 0.6) is 0 Å². The number of rotatable bonds is 5. The fourth-order valence-electron chi connectivity index (χ4n) is 1.84. The summed E-state index contributed by atoms with van der Waals surface area (Å²) < 4.78 is 31.4. The first-order chi connectivity index (χ1) is 11.2. The molecule has 1 aromatic heterocycles. The first-order valence-corrected chi connectivity index (χ1v) is 9.16. The fraction of sp³-hybridized carbons (Fsp3) is 0.571. The molecule has 0 saturated carbocycles. The quantitative estimate of drug-likeness (QED) is 0.738. The Bertz CT molecular complexity index is 779. The lowest BCUT2D eigenvalue weighted by Gasteiger charge is -2.29. The third kappa shape index (κ3) is 5.10. The lowest BCUT2D eigenvalue weighted by Crippen LogP contribution is -2.51. The van der Waals surface area contributed by atoms with Crippen LogP contribution in [0.25, 0.3) is 0 Å². The molecule has 1 amide bonds. The van der Waals surface area contributed by atoms with Crippen LogP contribution < -0.4 is 4.83 Å². The Balaban J connectivity index is 3.23. The maximum Gasteiger partial charge on any atom is 0.425 e. The van der Waals surface area contributed by atoms with E-state index in [-0.39, 0.29) is 5.69 Å². The van der Waals surface area contributed by atoms with Gasteiger partial charge in [0.25, 0.3) is 10.0 Å². The largest absolute Gasteiger partial charge is 0.477 e. The van der Waals surface area contributed by atoms with E-state index in [0.717, 1.165) is 15.8 Å². The summed E-state index contributed by atoms with van der Waals surface area (Å²) in [5.41, 5.74) is -1.20. The molecule has 0 unspecified atom stereocenters. The third-order valence-corrected chi connectivity index (χ3v) is 4.73. The van der Waals surface area contributed by atoms with Gasteiger partial charge >= 0.3 is 12.1 Å². The van der Waals surface area contributed by atoms with Gasteiger partial charge in [0.15, 0.2) is 0 Å². The highest BCUT2D eigenvalue weighted by molar-refractivity contribution is 7.89. The highest BCUT2D eigenvalue weighted by Gasteiger charge is 2.32. The molecule has 0 aliphatic heterocycles. The molecular weight excluding hydrogens is 374 g/mol. The normalized spacial score (nSPS) is 12.3. The molecule has 0 aliphatic carbocycles. The molecule has 0 radical (unpaired) electrons. The predicted molar refractivity (Wildman–Crippen MR) is 90.9 cm³/mol. The van der Waals surface area contributed by atoms with Gasteiger partial charge < -0.3 is 14.4 Å². The number of aryl methyl sites for hydroxylation is 1. The second kappa shape index (κ2) is 7.22. The van der Waals surface area contributed by atoms with Crippen molar-refractivity contribution in [3.8, 4) is 0 Å². The van der Waals surface area contributed by atoms with Gasteiger partial charge in [-0.3, -0.25) is 0 Å². The zero-order valence-electron chi connectivity index (χ0n) is 14.8. The van der Waals surface area contributed by atoms with Crippen LogP contribution in [0.1, 0.15) is 45.1 Å². The van der Waals surface area contributed by atoms with Crippen molar-refractivity contribution < 1.29 is 27.9 Å². The summed E-state index contributed by atoms with van der Waals surface area (Å²) in [5, 5.41) is 9.45. The molecule has 1 aromatic rings. The molecule has 0 bridgehead atoms. The molecule has 0 aromatic carbocycles. The van der Waals surface area contributed by atoms with Crippen molar-refractivity contribution >= 4 is 33.7 Å². The van der Waals surface area contributed by atoms with Gasteiger partial charge in [0.05, 0.1) is 5.02 Å². The number of hydrogen-bond donors (Lipinski definition) is 2. The monoisotopic (exact) mass is 395 g/mol. The number of sulfonamides is 1. The van der Waals surface area contributed by atoms with E-state index in [1.807, 2.05) is 0 Å². The summed E-state index contributed by atoms with van der Waals surface area (Å²) in [6.07, 6.45) is 0.165. The zero-order chi connectivity index (χ0) is 19.7. The van der Waals surface area contributed by atoms with E-state index in [9.17, 15) is 18.0 Å². The van der Waals surface area contributed by atoms with Gasteiger partial charge in [0.2, 0.25) is 0 Å². The number of aromatic nitrogens is 1. The van der Waals surface area contributed by atoms with Crippen molar-refractivity contribution in [1.82, 2.24) is 14.4 Å². The van der Waals surface area contributed by atoms with Gasteiger partial charge in [-0.25, -0.2) is 23.0 Å². The molecule has 9 nitrogen and oxygen atoms in total. The van der Waals surface area contributed by atoms with Gasteiger partial charge in [-0.05, 0) is 34.6 Å². The zero-order valence-corrected chi connectivity index (χ0v) is 16.4. The molecule has 1 rings (SSSR count). The van der Waals surface area contributed by atoms with Crippen LogP contribution in [0.2, 0.25) is 5.02 Å². The van der Waals surface area contributed by atoms with Crippen molar-refractivity contribution in [2.45, 2.75) is 51.2 Å². The minimum atomic E-state index is -4.31. The van der Waals surface area contributed by atoms with E-state index in [0.29, 0.717) is 0 Å². The summed E-state index contributed by atoms with van der Waals surface area (Å²) in [5.74, 6) is -1.37. The first-order valence-electron chi connectivity index (χ1n) is 7.30. The Morgan fingerprint density at radius 2 is 1.88 bits per heavy atom. The second-order valence-electron chi connectivity index (χ2n) is 6.61. The number of nitrogens with one attached hydrogen (secondary N) is 1. The van der Waals surface area contributed by atoms with Crippen molar-refractivity contribution in [3.05, 3.63) is 16.9 Å². The molecule has 0 atom stereocenters. The standard InChI is InChI=1S/C14H22ClN3O6S/c1-8(2)18(13(21)24-14(3,4)5)16-25(22,23)9-7-17(6)11(10(9)15)12(19)20/h7-8,16H,1-6H3,(H,19,20). The summed E-state index contributed by atoms with van der Waals surface area (Å²) in [7, 11) is -2.96. The summed E-state index contributed by atoms with van der Waals surface area (Å²) in [6.45, 7) is 8.10. The summed E-state index contributed by atoms with van der Waals surface area (Å²) >= 11 is 5.90. The van der Waals surface area contributed by atoms with Crippen LogP contribution in [-0.2, 0) is 21.8 Å². The highest BCUT2D eigenvalue weighted by atomic mass is 35.5. The molecule has 0 aliphatic rings. The Morgan fingerprint density at radius 3 is 2.24 bits per heavy atom. The van der Waals surface area contributed by atoms with Crippen LogP contribution in [0.3, 0.4) is 0 Å². The maximum absolute atomic E-state index is 12.6. The Kier molecular flexibility index (Phi) is 6.14.